The number of halogens is 2. The third-order valence-corrected chi connectivity index (χ3v) is 3.33. The second-order valence-corrected chi connectivity index (χ2v) is 4.83. The van der Waals surface area contributed by atoms with Crippen molar-refractivity contribution >= 4 is 15.9 Å². The monoisotopic (exact) mass is 313 g/mol. The standard InChI is InChI=1S/C13H13BrFNO2/c1-7-3-8(6-18-7)13(16)9-4-10(14)11(15)5-12(9)17-2/h3-6,13H,16H2,1-2H3. The fourth-order valence-electron chi connectivity index (χ4n) is 1.77. The minimum atomic E-state index is -0.422. The van der Waals surface area contributed by atoms with Gasteiger partial charge in [0.1, 0.15) is 17.3 Å². The lowest BCUT2D eigenvalue weighted by Crippen LogP contribution is -2.12. The predicted octanol–water partition coefficient (Wildman–Crippen LogP) is 3.55. The molecule has 2 aromatic rings. The average Bonchev–Trinajstić information content (AvgIpc) is 2.78. The Hall–Kier alpha value is -1.33. The number of hydrogen-bond acceptors (Lipinski definition) is 3. The SMILES string of the molecule is COc1cc(F)c(Br)cc1C(N)c1coc(C)c1. The Morgan fingerprint density at radius 1 is 1.39 bits per heavy atom. The van der Waals surface area contributed by atoms with Gasteiger partial charge in [-0.3, -0.25) is 0 Å². The number of aryl methyl sites for hydroxylation is 1. The molecule has 1 aromatic carbocycles. The molecule has 0 bridgehead atoms. The third kappa shape index (κ3) is 2.42. The first-order valence-electron chi connectivity index (χ1n) is 5.36. The maximum Gasteiger partial charge on any atom is 0.141 e. The lowest BCUT2D eigenvalue weighted by atomic mass is 10.0. The van der Waals surface area contributed by atoms with Gasteiger partial charge in [0.15, 0.2) is 0 Å². The molecular formula is C13H13BrFNO2. The highest BCUT2D eigenvalue weighted by molar-refractivity contribution is 9.10. The molecule has 0 aliphatic rings. The van der Waals surface area contributed by atoms with Crippen LogP contribution in [0.1, 0.15) is 22.9 Å². The second-order valence-electron chi connectivity index (χ2n) is 3.98. The van der Waals surface area contributed by atoms with Gasteiger partial charge in [-0.25, -0.2) is 4.39 Å². The summed E-state index contributed by atoms with van der Waals surface area (Å²) in [5, 5.41) is 0. The minimum absolute atomic E-state index is 0.356. The molecule has 0 aliphatic carbocycles. The summed E-state index contributed by atoms with van der Waals surface area (Å²) in [6.45, 7) is 1.84. The van der Waals surface area contributed by atoms with Crippen LogP contribution in [0.2, 0.25) is 0 Å². The van der Waals surface area contributed by atoms with E-state index in [4.69, 9.17) is 14.9 Å². The van der Waals surface area contributed by atoms with E-state index >= 15 is 0 Å². The van der Waals surface area contributed by atoms with E-state index in [1.807, 2.05) is 13.0 Å². The van der Waals surface area contributed by atoms with Crippen LogP contribution in [0.4, 0.5) is 4.39 Å². The maximum absolute atomic E-state index is 13.4. The molecule has 5 heteroatoms. The quantitative estimate of drug-likeness (QED) is 0.942. The highest BCUT2D eigenvalue weighted by Crippen LogP contribution is 2.33. The van der Waals surface area contributed by atoms with Gasteiger partial charge in [0.2, 0.25) is 0 Å². The highest BCUT2D eigenvalue weighted by atomic mass is 79.9. The van der Waals surface area contributed by atoms with Crippen molar-refractivity contribution in [3.8, 4) is 5.75 Å². The normalized spacial score (nSPS) is 12.5. The van der Waals surface area contributed by atoms with E-state index in [9.17, 15) is 4.39 Å². The number of hydrogen-bond donors (Lipinski definition) is 1. The van der Waals surface area contributed by atoms with Crippen LogP contribution in [0.15, 0.2) is 33.4 Å². The Morgan fingerprint density at radius 2 is 2.11 bits per heavy atom. The molecule has 1 heterocycles. The molecule has 1 unspecified atom stereocenters. The van der Waals surface area contributed by atoms with Crippen molar-refractivity contribution in [2.24, 2.45) is 5.73 Å². The molecule has 0 aliphatic heterocycles. The number of furan rings is 1. The summed E-state index contributed by atoms with van der Waals surface area (Å²) in [7, 11) is 1.49. The van der Waals surface area contributed by atoms with Crippen molar-refractivity contribution in [3.05, 3.63) is 51.6 Å². The van der Waals surface area contributed by atoms with E-state index in [0.29, 0.717) is 15.8 Å². The van der Waals surface area contributed by atoms with Crippen molar-refractivity contribution in [2.75, 3.05) is 7.11 Å². The molecule has 0 radical (unpaired) electrons. The number of rotatable bonds is 3. The van der Waals surface area contributed by atoms with Crippen LogP contribution in [0.3, 0.4) is 0 Å². The molecule has 0 amide bonds. The number of methoxy groups -OCH3 is 1. The molecule has 3 nitrogen and oxygen atoms in total. The van der Waals surface area contributed by atoms with Gasteiger partial charge in [-0.15, -0.1) is 0 Å². The summed E-state index contributed by atoms with van der Waals surface area (Å²) in [5.74, 6) is 0.814. The summed E-state index contributed by atoms with van der Waals surface area (Å²) < 4.78 is 24.2. The lowest BCUT2D eigenvalue weighted by molar-refractivity contribution is 0.403. The molecule has 18 heavy (non-hydrogen) atoms. The van der Waals surface area contributed by atoms with E-state index in [2.05, 4.69) is 15.9 Å². The van der Waals surface area contributed by atoms with Gasteiger partial charge in [0.05, 0.1) is 23.9 Å². The minimum Gasteiger partial charge on any atom is -0.496 e. The van der Waals surface area contributed by atoms with E-state index in [0.717, 1.165) is 11.3 Å². The van der Waals surface area contributed by atoms with Crippen molar-refractivity contribution in [1.29, 1.82) is 0 Å². The van der Waals surface area contributed by atoms with Crippen LogP contribution in [-0.2, 0) is 0 Å². The Labute approximate surface area is 113 Å². The van der Waals surface area contributed by atoms with Gasteiger partial charge in [-0.1, -0.05) is 0 Å². The van der Waals surface area contributed by atoms with Crippen LogP contribution in [0.25, 0.3) is 0 Å². The molecule has 0 spiro atoms. The van der Waals surface area contributed by atoms with E-state index in [1.54, 1.807) is 12.3 Å². The number of nitrogens with two attached hydrogens (primary N) is 1. The molecule has 2 N–H and O–H groups in total. The van der Waals surface area contributed by atoms with Crippen molar-refractivity contribution in [2.45, 2.75) is 13.0 Å². The second kappa shape index (κ2) is 5.12. The third-order valence-electron chi connectivity index (χ3n) is 2.72. The first-order chi connectivity index (χ1) is 8.52. The zero-order chi connectivity index (χ0) is 13.3. The Kier molecular flexibility index (Phi) is 3.73. The summed E-state index contributed by atoms with van der Waals surface area (Å²) in [4.78, 5) is 0. The average molecular weight is 314 g/mol. The number of benzene rings is 1. The molecule has 0 saturated heterocycles. The molecule has 1 aromatic heterocycles. The van der Waals surface area contributed by atoms with Crippen molar-refractivity contribution < 1.29 is 13.5 Å². The summed E-state index contributed by atoms with van der Waals surface area (Å²) in [6.07, 6.45) is 1.59. The van der Waals surface area contributed by atoms with E-state index < -0.39 is 6.04 Å². The molecule has 1 atom stereocenters. The van der Waals surface area contributed by atoms with Crippen LogP contribution in [-0.4, -0.2) is 7.11 Å². The van der Waals surface area contributed by atoms with Crippen LogP contribution in [0, 0.1) is 12.7 Å². The van der Waals surface area contributed by atoms with Gasteiger partial charge >= 0.3 is 0 Å². The number of ether oxygens (including phenoxy) is 1. The summed E-state index contributed by atoms with van der Waals surface area (Å²) >= 11 is 3.15. The van der Waals surface area contributed by atoms with Gasteiger partial charge in [0.25, 0.3) is 0 Å². The largest absolute Gasteiger partial charge is 0.496 e. The lowest BCUT2D eigenvalue weighted by Gasteiger charge is -2.15. The van der Waals surface area contributed by atoms with Gasteiger partial charge in [-0.2, -0.15) is 0 Å². The molecular weight excluding hydrogens is 301 g/mol. The van der Waals surface area contributed by atoms with Crippen LogP contribution >= 0.6 is 15.9 Å². The molecule has 2 rings (SSSR count). The van der Waals surface area contributed by atoms with Gasteiger partial charge in [-0.05, 0) is 35.0 Å². The molecule has 0 saturated carbocycles. The first kappa shape index (κ1) is 13.1. The topological polar surface area (TPSA) is 48.4 Å². The van der Waals surface area contributed by atoms with E-state index in [1.165, 1.54) is 13.2 Å². The summed E-state index contributed by atoms with van der Waals surface area (Å²) in [6, 6.07) is 4.36. The van der Waals surface area contributed by atoms with Crippen molar-refractivity contribution in [3.63, 3.8) is 0 Å². The Bertz CT molecular complexity index is 568. The first-order valence-corrected chi connectivity index (χ1v) is 6.15. The smallest absolute Gasteiger partial charge is 0.141 e. The molecule has 96 valence electrons. The van der Waals surface area contributed by atoms with Gasteiger partial charge in [0, 0.05) is 17.2 Å². The highest BCUT2D eigenvalue weighted by Gasteiger charge is 2.18. The Morgan fingerprint density at radius 3 is 2.67 bits per heavy atom. The van der Waals surface area contributed by atoms with Gasteiger partial charge < -0.3 is 14.9 Å². The maximum atomic E-state index is 13.4. The predicted molar refractivity (Wildman–Crippen MR) is 70.1 cm³/mol. The summed E-state index contributed by atoms with van der Waals surface area (Å²) in [5.41, 5.74) is 7.67. The van der Waals surface area contributed by atoms with Crippen molar-refractivity contribution in [1.82, 2.24) is 0 Å². The van der Waals surface area contributed by atoms with E-state index in [-0.39, 0.29) is 5.82 Å². The fourth-order valence-corrected chi connectivity index (χ4v) is 2.13. The zero-order valence-electron chi connectivity index (χ0n) is 10.0. The van der Waals surface area contributed by atoms with Crippen LogP contribution in [0.5, 0.6) is 5.75 Å². The zero-order valence-corrected chi connectivity index (χ0v) is 11.6. The molecule has 0 fully saturated rings. The fraction of sp³-hybridized carbons (Fsp3) is 0.231. The van der Waals surface area contributed by atoms with Crippen LogP contribution < -0.4 is 10.5 Å². The Balaban J connectivity index is 2.46.